The second kappa shape index (κ2) is 13.1. The number of Topliss-reactive ketones (excluding diaryl/α,β-unsaturated/α-hetero) is 5. The van der Waals surface area contributed by atoms with E-state index < -0.39 is 132 Å². The van der Waals surface area contributed by atoms with Crippen molar-refractivity contribution in [3.63, 3.8) is 0 Å². The maximum Gasteiger partial charge on any atom is 0.183 e. The molecule has 0 spiro atoms. The zero-order valence-corrected chi connectivity index (χ0v) is 27.6. The van der Waals surface area contributed by atoms with Crippen LogP contribution in [-0.4, -0.2) is 64.7 Å². The maximum atomic E-state index is 13.2. The van der Waals surface area contributed by atoms with Gasteiger partial charge in [0.2, 0.25) is 0 Å². The maximum absolute atomic E-state index is 13.2. The Morgan fingerprint density at radius 2 is 0.915 bits per heavy atom. The number of aliphatic hydroxyl groups excluding tert-OH is 4. The van der Waals surface area contributed by atoms with E-state index in [1.807, 2.05) is 0 Å². The molecule has 0 bridgehead atoms. The largest absolute Gasteiger partial charge is 0.511 e. The van der Waals surface area contributed by atoms with E-state index in [1.165, 1.54) is 34.6 Å². The number of aromatic hydroxyl groups is 3. The van der Waals surface area contributed by atoms with Gasteiger partial charge in [-0.05, 0) is 40.5 Å². The van der Waals surface area contributed by atoms with Crippen molar-refractivity contribution in [1.29, 1.82) is 0 Å². The highest BCUT2D eigenvalue weighted by Crippen LogP contribution is 2.49. The predicted molar refractivity (Wildman–Crippen MR) is 169 cm³/mol. The lowest BCUT2D eigenvalue weighted by molar-refractivity contribution is -0.128. The van der Waals surface area contributed by atoms with Gasteiger partial charge in [-0.1, -0.05) is 20.8 Å². The number of phenols is 3. The van der Waals surface area contributed by atoms with Crippen molar-refractivity contribution in [2.75, 3.05) is 0 Å². The highest BCUT2D eigenvalue weighted by Gasteiger charge is 2.47. The third kappa shape index (κ3) is 5.92. The summed E-state index contributed by atoms with van der Waals surface area (Å²) in [5, 5.41) is 78.6. The molecule has 12 nitrogen and oxygen atoms in total. The van der Waals surface area contributed by atoms with Crippen LogP contribution in [0.3, 0.4) is 0 Å². The smallest absolute Gasteiger partial charge is 0.183 e. The average Bonchev–Trinajstić information content (AvgIpc) is 2.99. The number of carbonyl (C=O) groups excluding carboxylic acids is 5. The van der Waals surface area contributed by atoms with Gasteiger partial charge in [-0.3, -0.25) is 24.0 Å². The zero-order valence-electron chi connectivity index (χ0n) is 27.6. The van der Waals surface area contributed by atoms with Crippen LogP contribution in [0.2, 0.25) is 0 Å². The van der Waals surface area contributed by atoms with Crippen molar-refractivity contribution < 1.29 is 59.7 Å². The first-order chi connectivity index (χ1) is 21.7. The Morgan fingerprint density at radius 1 is 0.553 bits per heavy atom. The lowest BCUT2D eigenvalue weighted by Gasteiger charge is -2.32. The molecule has 1 aromatic carbocycles. The van der Waals surface area contributed by atoms with Crippen molar-refractivity contribution in [2.24, 2.45) is 10.8 Å². The fourth-order valence-corrected chi connectivity index (χ4v) is 5.84. The molecule has 1 aromatic rings. The van der Waals surface area contributed by atoms with Gasteiger partial charge in [0.15, 0.2) is 28.9 Å². The second-order valence-corrected chi connectivity index (χ2v) is 12.9. The topological polar surface area (TPSA) is 227 Å². The molecular formula is C35H42O12. The molecule has 3 rings (SSSR count). The van der Waals surface area contributed by atoms with Crippen molar-refractivity contribution in [3.8, 4) is 17.2 Å². The van der Waals surface area contributed by atoms with Gasteiger partial charge in [0.1, 0.15) is 57.0 Å². The Morgan fingerprint density at radius 3 is 1.28 bits per heavy atom. The summed E-state index contributed by atoms with van der Waals surface area (Å²) in [4.78, 5) is 65.0. The molecule has 0 fully saturated rings. The Kier molecular flexibility index (Phi) is 10.2. The second-order valence-electron chi connectivity index (χ2n) is 12.9. The molecule has 0 atom stereocenters. The van der Waals surface area contributed by atoms with Crippen molar-refractivity contribution >= 4 is 28.9 Å². The van der Waals surface area contributed by atoms with Crippen LogP contribution in [0.25, 0.3) is 0 Å². The standard InChI is InChI=1S/C35H42O12/c1-8-11-20(37)22-26(40)15(13-17-28(42)23(19(36)10-3)32(46)34(4,5)30(17)44)25(39)16(27(22)41)14-18-29(43)24(21(38)12-9-2)33(47)35(6,7)31(18)45/h39-45H,8-14H2,1-7H3. The number of phenolic OH excluding ortho intramolecular Hbond substituents is 3. The van der Waals surface area contributed by atoms with Gasteiger partial charge in [-0.15, -0.1) is 0 Å². The van der Waals surface area contributed by atoms with E-state index >= 15 is 0 Å². The predicted octanol–water partition coefficient (Wildman–Crippen LogP) is 5.69. The number of aliphatic hydroxyl groups is 4. The fourth-order valence-electron chi connectivity index (χ4n) is 5.84. The van der Waals surface area contributed by atoms with E-state index in [0.29, 0.717) is 6.42 Å². The van der Waals surface area contributed by atoms with Crippen LogP contribution in [0, 0.1) is 10.8 Å². The highest BCUT2D eigenvalue weighted by atomic mass is 16.3. The first kappa shape index (κ1) is 36.6. The van der Waals surface area contributed by atoms with Crippen LogP contribution in [0.5, 0.6) is 17.2 Å². The van der Waals surface area contributed by atoms with Crippen LogP contribution in [0.1, 0.15) is 102 Å². The lowest BCUT2D eigenvalue weighted by Crippen LogP contribution is -2.37. The van der Waals surface area contributed by atoms with Crippen molar-refractivity contribution in [1.82, 2.24) is 0 Å². The van der Waals surface area contributed by atoms with Gasteiger partial charge in [-0.25, -0.2) is 0 Å². The third-order valence-corrected chi connectivity index (χ3v) is 8.83. The van der Waals surface area contributed by atoms with Gasteiger partial charge in [-0.2, -0.15) is 0 Å². The van der Waals surface area contributed by atoms with Gasteiger partial charge in [0.05, 0.1) is 10.8 Å². The number of rotatable bonds is 12. The molecule has 0 radical (unpaired) electrons. The summed E-state index contributed by atoms with van der Waals surface area (Å²) in [5.41, 5.74) is -7.05. The number of ketones is 5. The molecule has 12 heteroatoms. The Balaban J connectivity index is 2.40. The first-order valence-corrected chi connectivity index (χ1v) is 15.4. The van der Waals surface area contributed by atoms with Crippen LogP contribution in [0.4, 0.5) is 0 Å². The quantitative estimate of drug-likeness (QED) is 0.107. The van der Waals surface area contributed by atoms with Crippen LogP contribution in [-0.2, 0) is 32.0 Å². The van der Waals surface area contributed by atoms with E-state index in [-0.39, 0.29) is 25.7 Å². The number of allylic oxidation sites excluding steroid dienone is 6. The van der Waals surface area contributed by atoms with Gasteiger partial charge in [0.25, 0.3) is 0 Å². The van der Waals surface area contributed by atoms with E-state index in [9.17, 15) is 59.7 Å². The summed E-state index contributed by atoms with van der Waals surface area (Å²) < 4.78 is 0. The molecule has 0 unspecified atom stereocenters. The Hall–Kier alpha value is -4.87. The molecule has 0 saturated heterocycles. The molecular weight excluding hydrogens is 612 g/mol. The Bertz CT molecular complexity index is 1730. The lowest BCUT2D eigenvalue weighted by atomic mass is 9.72. The molecule has 0 aromatic heterocycles. The van der Waals surface area contributed by atoms with Crippen molar-refractivity contribution in [2.45, 2.75) is 93.4 Å². The molecule has 2 aliphatic carbocycles. The van der Waals surface area contributed by atoms with E-state index in [4.69, 9.17) is 0 Å². The molecule has 0 amide bonds. The van der Waals surface area contributed by atoms with Crippen molar-refractivity contribution in [3.05, 3.63) is 62.0 Å². The average molecular weight is 655 g/mol. The number of hydrogen-bond acceptors (Lipinski definition) is 12. The summed E-state index contributed by atoms with van der Waals surface area (Å²) in [7, 11) is 0. The summed E-state index contributed by atoms with van der Waals surface area (Å²) in [6.07, 6.45) is -1.29. The minimum atomic E-state index is -1.71. The van der Waals surface area contributed by atoms with E-state index in [1.54, 1.807) is 13.8 Å². The fraction of sp³-hybridized carbons (Fsp3) is 0.457. The summed E-state index contributed by atoms with van der Waals surface area (Å²) in [6.45, 7) is 10.1. The van der Waals surface area contributed by atoms with Gasteiger partial charge < -0.3 is 35.7 Å². The molecule has 0 heterocycles. The van der Waals surface area contributed by atoms with Crippen LogP contribution >= 0.6 is 0 Å². The first-order valence-electron chi connectivity index (χ1n) is 15.4. The molecule has 47 heavy (non-hydrogen) atoms. The molecule has 0 saturated carbocycles. The van der Waals surface area contributed by atoms with Crippen LogP contribution < -0.4 is 0 Å². The number of benzene rings is 1. The monoisotopic (exact) mass is 654 g/mol. The number of hydrogen-bond donors (Lipinski definition) is 7. The molecule has 7 N–H and O–H groups in total. The third-order valence-electron chi connectivity index (χ3n) is 8.83. The van der Waals surface area contributed by atoms with Gasteiger partial charge >= 0.3 is 0 Å². The minimum absolute atomic E-state index is 0.0955. The van der Waals surface area contributed by atoms with E-state index in [0.717, 1.165) is 0 Å². The van der Waals surface area contributed by atoms with Gasteiger partial charge in [0, 0.05) is 54.4 Å². The van der Waals surface area contributed by atoms with E-state index in [2.05, 4.69) is 0 Å². The minimum Gasteiger partial charge on any atom is -0.511 e. The normalized spacial score (nSPS) is 17.9. The van der Waals surface area contributed by atoms with Crippen LogP contribution in [0.15, 0.2) is 45.3 Å². The molecule has 0 aliphatic heterocycles. The number of carbonyl (C=O) groups is 5. The molecule has 254 valence electrons. The SMILES string of the molecule is CCCC(=O)C1=C(O)C(Cc2c(O)c(CC3=C(O)C(C)(C)C(=O)C(C(=O)CC)=C3O)c(O)c(C(=O)CCC)c2O)=C(O)C(C)(C)C1=O. The summed E-state index contributed by atoms with van der Waals surface area (Å²) in [6, 6.07) is 0. The zero-order chi connectivity index (χ0) is 35.9. The Labute approximate surface area is 272 Å². The summed E-state index contributed by atoms with van der Waals surface area (Å²) >= 11 is 0. The summed E-state index contributed by atoms with van der Waals surface area (Å²) in [5.74, 6) is -9.69. The highest BCUT2D eigenvalue weighted by molar-refractivity contribution is 6.24. The molecule has 2 aliphatic rings.